The molecule has 9 nitrogen and oxygen atoms in total. The van der Waals surface area contributed by atoms with Gasteiger partial charge >= 0.3 is 0 Å². The molecule has 1 fully saturated rings. The van der Waals surface area contributed by atoms with E-state index in [9.17, 15) is 9.90 Å². The third-order valence-electron chi connectivity index (χ3n) is 11.5. The molecule has 1 aromatic heterocycles. The van der Waals surface area contributed by atoms with Crippen LogP contribution in [0.1, 0.15) is 52.2 Å². The first-order chi connectivity index (χ1) is 26.1. The van der Waals surface area contributed by atoms with Crippen molar-refractivity contribution in [3.63, 3.8) is 0 Å². The topological polar surface area (TPSA) is 101 Å². The maximum atomic E-state index is 16.7. The number of rotatable bonds is 9. The fourth-order valence-electron chi connectivity index (χ4n) is 9.15. The molecule has 5 aromatic carbocycles. The molecule has 4 heterocycles. The van der Waals surface area contributed by atoms with E-state index < -0.39 is 37.7 Å². The average molecular weight is 738 g/mol. The number of aliphatic hydroxyl groups excluding tert-OH is 1. The van der Waals surface area contributed by atoms with E-state index in [1.165, 1.54) is 0 Å². The fraction of sp³-hybridized carbons (Fsp3) is 0.256. The molecule has 1 spiro atoms. The second-order valence-corrected chi connectivity index (χ2v) is 19.0. The van der Waals surface area contributed by atoms with Gasteiger partial charge < -0.3 is 18.9 Å². The summed E-state index contributed by atoms with van der Waals surface area (Å²) in [5.74, 6) is -0.888. The summed E-state index contributed by atoms with van der Waals surface area (Å²) >= 11 is 0. The number of aryl methyl sites for hydroxylation is 1. The van der Waals surface area contributed by atoms with E-state index in [-0.39, 0.29) is 11.8 Å². The Kier molecular flexibility index (Phi) is 8.14. The molecule has 0 bridgehead atoms. The van der Waals surface area contributed by atoms with Crippen LogP contribution in [-0.2, 0) is 28.2 Å². The molecular formula is C43H40FN5O4Si. The van der Waals surface area contributed by atoms with E-state index in [0.29, 0.717) is 53.3 Å². The lowest BCUT2D eigenvalue weighted by Crippen LogP contribution is -2.45. The number of anilines is 3. The van der Waals surface area contributed by atoms with E-state index in [1.807, 2.05) is 122 Å². The summed E-state index contributed by atoms with van der Waals surface area (Å²) in [5, 5.41) is 21.3. The zero-order valence-corrected chi connectivity index (χ0v) is 31.3. The van der Waals surface area contributed by atoms with E-state index >= 15 is 8.90 Å². The summed E-state index contributed by atoms with van der Waals surface area (Å²) in [5.41, 5.74) is 3.42. The lowest BCUT2D eigenvalue weighted by molar-refractivity contribution is -0.146. The monoisotopic (exact) mass is 737 g/mol. The van der Waals surface area contributed by atoms with Crippen molar-refractivity contribution >= 4 is 48.1 Å². The SMILES string of the molecule is C[C@@H]1[C@@H]([Si](C)(C)F)[C@H](CCn2cc([C@H](O)c3ccccc3)nn2)O[C@@]12C(=O)N(Cc1ccccc1)c1ccc(N3C(=O)c4cccc5cccc3c45)cc12. The Hall–Kier alpha value is -5.49. The number of hydrogen-bond donors (Lipinski definition) is 1. The smallest absolute Gasteiger partial charge is 0.264 e. The van der Waals surface area contributed by atoms with Gasteiger partial charge in [0, 0.05) is 34.6 Å². The highest BCUT2D eigenvalue weighted by Crippen LogP contribution is 2.61. The van der Waals surface area contributed by atoms with Crippen molar-refractivity contribution in [2.24, 2.45) is 5.92 Å². The minimum Gasteiger partial charge on any atom is -0.382 e. The number of ether oxygens (including phenoxy) is 1. The van der Waals surface area contributed by atoms with Gasteiger partial charge in [0.1, 0.15) is 11.8 Å². The van der Waals surface area contributed by atoms with Gasteiger partial charge in [-0.3, -0.25) is 19.2 Å². The van der Waals surface area contributed by atoms with E-state index in [2.05, 4.69) is 10.3 Å². The van der Waals surface area contributed by atoms with Crippen LogP contribution in [0.5, 0.6) is 0 Å². The summed E-state index contributed by atoms with van der Waals surface area (Å²) in [6.07, 6.45) is 0.538. The Labute approximate surface area is 313 Å². The van der Waals surface area contributed by atoms with Crippen LogP contribution in [0.3, 0.4) is 0 Å². The molecule has 2 amide bonds. The number of amides is 2. The summed E-state index contributed by atoms with van der Waals surface area (Å²) < 4.78 is 25.4. The molecule has 272 valence electrons. The van der Waals surface area contributed by atoms with Gasteiger partial charge in [-0.2, -0.15) is 0 Å². The number of aromatic nitrogens is 3. The summed E-state index contributed by atoms with van der Waals surface area (Å²) in [6.45, 7) is 5.98. The van der Waals surface area contributed by atoms with Crippen LogP contribution in [-0.4, -0.2) is 46.4 Å². The molecule has 5 atom stereocenters. The van der Waals surface area contributed by atoms with Gasteiger partial charge in [0.15, 0.2) is 5.60 Å². The van der Waals surface area contributed by atoms with Gasteiger partial charge in [-0.15, -0.1) is 5.10 Å². The summed E-state index contributed by atoms with van der Waals surface area (Å²) in [7, 11) is -3.46. The van der Waals surface area contributed by atoms with E-state index in [1.54, 1.807) is 33.8 Å². The van der Waals surface area contributed by atoms with Crippen LogP contribution >= 0.6 is 0 Å². The largest absolute Gasteiger partial charge is 0.382 e. The van der Waals surface area contributed by atoms with Crippen molar-refractivity contribution in [1.82, 2.24) is 15.0 Å². The van der Waals surface area contributed by atoms with Crippen molar-refractivity contribution in [3.05, 3.63) is 149 Å². The molecule has 0 unspecified atom stereocenters. The normalized spacial score (nSPS) is 22.5. The molecule has 3 aliphatic rings. The Morgan fingerprint density at radius 1 is 0.907 bits per heavy atom. The number of carbonyl (C=O) groups is 2. The second kappa shape index (κ2) is 12.8. The first-order valence-electron chi connectivity index (χ1n) is 18.4. The number of halogens is 1. The standard InChI is InChI=1S/C43H40FN5O4Si/c1-27-40(54(2,3)44)37(22-23-47-26-34(45-46-47)39(50)30-14-8-5-9-15-30)53-43(27)33-24-31(20-21-35(33)48(42(43)52)25-28-12-6-4-7-13-28)49-36-19-11-17-29-16-10-18-32(38(29)36)41(49)51/h4-21,24,26-27,37,39-40,50H,22-23,25H2,1-3H3/t27-,37+,39-,40-,43+/m1/s1. The molecule has 0 radical (unpaired) electrons. The molecule has 0 aliphatic carbocycles. The third-order valence-corrected chi connectivity index (χ3v) is 14.0. The van der Waals surface area contributed by atoms with Crippen LogP contribution in [0.25, 0.3) is 10.8 Å². The van der Waals surface area contributed by atoms with Crippen LogP contribution in [0.4, 0.5) is 21.2 Å². The predicted octanol–water partition coefficient (Wildman–Crippen LogP) is 8.22. The minimum atomic E-state index is -3.46. The highest BCUT2D eigenvalue weighted by Gasteiger charge is 2.66. The quantitative estimate of drug-likeness (QED) is 0.119. The fourth-order valence-corrected chi connectivity index (χ4v) is 11.7. The van der Waals surface area contributed by atoms with Crippen molar-refractivity contribution < 1.29 is 23.5 Å². The van der Waals surface area contributed by atoms with Gasteiger partial charge in [-0.05, 0) is 66.4 Å². The first kappa shape index (κ1) is 34.3. The van der Waals surface area contributed by atoms with Crippen LogP contribution in [0, 0.1) is 5.92 Å². The molecule has 54 heavy (non-hydrogen) atoms. The molecule has 6 aromatic rings. The molecule has 1 saturated heterocycles. The average Bonchev–Trinajstić information content (AvgIpc) is 3.91. The van der Waals surface area contributed by atoms with Gasteiger partial charge in [0.05, 0.1) is 35.8 Å². The Morgan fingerprint density at radius 2 is 1.63 bits per heavy atom. The molecule has 3 aliphatic heterocycles. The zero-order valence-electron chi connectivity index (χ0n) is 30.3. The van der Waals surface area contributed by atoms with Crippen LogP contribution in [0.15, 0.2) is 121 Å². The lowest BCUT2D eigenvalue weighted by atomic mass is 9.82. The van der Waals surface area contributed by atoms with Crippen LogP contribution < -0.4 is 9.80 Å². The lowest BCUT2D eigenvalue weighted by Gasteiger charge is -2.31. The van der Waals surface area contributed by atoms with Gasteiger partial charge in [0.2, 0.25) is 8.41 Å². The van der Waals surface area contributed by atoms with Crippen molar-refractivity contribution in [2.45, 2.75) is 62.9 Å². The van der Waals surface area contributed by atoms with Crippen LogP contribution in [0.2, 0.25) is 18.6 Å². The van der Waals surface area contributed by atoms with Crippen molar-refractivity contribution in [1.29, 1.82) is 0 Å². The number of hydrogen-bond acceptors (Lipinski definition) is 6. The minimum absolute atomic E-state index is 0.140. The maximum Gasteiger partial charge on any atom is 0.264 e. The Bertz CT molecular complexity index is 2410. The summed E-state index contributed by atoms with van der Waals surface area (Å²) in [6, 6.07) is 36.4. The first-order valence-corrected chi connectivity index (χ1v) is 21.4. The highest BCUT2D eigenvalue weighted by molar-refractivity contribution is 6.72. The number of nitrogens with zero attached hydrogens (tertiary/aromatic N) is 5. The Morgan fingerprint density at radius 3 is 2.37 bits per heavy atom. The van der Waals surface area contributed by atoms with E-state index in [4.69, 9.17) is 4.74 Å². The Balaban J connectivity index is 1.10. The molecule has 11 heteroatoms. The molecule has 1 N–H and O–H groups in total. The number of carbonyl (C=O) groups excluding carboxylic acids is 2. The zero-order chi connectivity index (χ0) is 37.4. The van der Waals surface area contributed by atoms with Crippen molar-refractivity contribution in [3.8, 4) is 0 Å². The number of fused-ring (bicyclic) bond motifs is 2. The summed E-state index contributed by atoms with van der Waals surface area (Å²) in [4.78, 5) is 32.6. The van der Waals surface area contributed by atoms with Gasteiger partial charge in [-0.1, -0.05) is 97.1 Å². The van der Waals surface area contributed by atoms with Gasteiger partial charge in [0.25, 0.3) is 11.8 Å². The highest BCUT2D eigenvalue weighted by atomic mass is 28.4. The van der Waals surface area contributed by atoms with E-state index in [0.717, 1.165) is 22.0 Å². The maximum absolute atomic E-state index is 16.7. The number of benzene rings is 5. The third kappa shape index (κ3) is 5.32. The van der Waals surface area contributed by atoms with Gasteiger partial charge in [-0.25, -0.2) is 0 Å². The number of aliphatic hydroxyl groups is 1. The van der Waals surface area contributed by atoms with Crippen molar-refractivity contribution in [2.75, 3.05) is 9.80 Å². The molecule has 9 rings (SSSR count). The predicted molar refractivity (Wildman–Crippen MR) is 208 cm³/mol. The molecule has 0 saturated carbocycles. The molecular weight excluding hydrogens is 698 g/mol. The second-order valence-electron chi connectivity index (χ2n) is 15.2.